The molecule has 1 aromatic carbocycles. The zero-order valence-corrected chi connectivity index (χ0v) is 13.5. The SMILES string of the molecule is O=C(Nc1ccncc1)O[C@H]1CCCN(C(=O)c2ccc(F)cc2)C1. The number of hydrogen-bond acceptors (Lipinski definition) is 4. The number of rotatable bonds is 3. The first-order valence-corrected chi connectivity index (χ1v) is 8.04. The average Bonchev–Trinajstić information content (AvgIpc) is 2.63. The lowest BCUT2D eigenvalue weighted by atomic mass is 10.1. The molecule has 0 unspecified atom stereocenters. The van der Waals surface area contributed by atoms with Crippen molar-refractivity contribution in [2.24, 2.45) is 0 Å². The number of amides is 2. The molecule has 1 fully saturated rings. The van der Waals surface area contributed by atoms with Crippen LogP contribution < -0.4 is 5.32 Å². The second-order valence-corrected chi connectivity index (χ2v) is 5.79. The number of pyridine rings is 1. The highest BCUT2D eigenvalue weighted by molar-refractivity contribution is 5.94. The summed E-state index contributed by atoms with van der Waals surface area (Å²) in [4.78, 5) is 29.9. The molecule has 7 heteroatoms. The third-order valence-electron chi connectivity index (χ3n) is 3.96. The Morgan fingerprint density at radius 1 is 1.16 bits per heavy atom. The highest BCUT2D eigenvalue weighted by Crippen LogP contribution is 2.17. The number of carbonyl (C=O) groups is 2. The van der Waals surface area contributed by atoms with Gasteiger partial charge in [-0.1, -0.05) is 0 Å². The lowest BCUT2D eigenvalue weighted by molar-refractivity contribution is 0.0387. The standard InChI is InChI=1S/C18H18FN3O3/c19-14-5-3-13(4-6-14)17(23)22-11-1-2-16(12-22)25-18(24)21-15-7-9-20-10-8-15/h3-10,16H,1-2,11-12H2,(H,20,21,24)/t16-/m0/s1. The highest BCUT2D eigenvalue weighted by Gasteiger charge is 2.27. The Kier molecular flexibility index (Phi) is 5.23. The van der Waals surface area contributed by atoms with E-state index in [0.717, 1.165) is 6.42 Å². The Bertz CT molecular complexity index is 737. The van der Waals surface area contributed by atoms with E-state index in [2.05, 4.69) is 10.3 Å². The summed E-state index contributed by atoms with van der Waals surface area (Å²) in [5.74, 6) is -0.577. The molecule has 2 aromatic rings. The summed E-state index contributed by atoms with van der Waals surface area (Å²) in [6, 6.07) is 8.75. The summed E-state index contributed by atoms with van der Waals surface area (Å²) in [5, 5.41) is 2.62. The predicted octanol–water partition coefficient (Wildman–Crippen LogP) is 3.07. The van der Waals surface area contributed by atoms with Crippen molar-refractivity contribution in [3.63, 3.8) is 0 Å². The Morgan fingerprint density at radius 3 is 2.60 bits per heavy atom. The van der Waals surface area contributed by atoms with Crippen molar-refractivity contribution in [1.82, 2.24) is 9.88 Å². The lowest BCUT2D eigenvalue weighted by Crippen LogP contribution is -2.44. The maximum atomic E-state index is 13.0. The largest absolute Gasteiger partial charge is 0.444 e. The van der Waals surface area contributed by atoms with Crippen LogP contribution in [0.4, 0.5) is 14.9 Å². The molecule has 0 radical (unpaired) electrons. The van der Waals surface area contributed by atoms with Crippen molar-refractivity contribution in [3.05, 3.63) is 60.2 Å². The minimum atomic E-state index is -0.563. The van der Waals surface area contributed by atoms with Crippen LogP contribution in [-0.2, 0) is 4.74 Å². The average molecular weight is 343 g/mol. The molecule has 0 spiro atoms. The first-order chi connectivity index (χ1) is 12.1. The number of carbonyl (C=O) groups excluding carboxylic acids is 2. The number of benzene rings is 1. The number of aromatic nitrogens is 1. The van der Waals surface area contributed by atoms with Crippen LogP contribution in [0.2, 0.25) is 0 Å². The zero-order valence-electron chi connectivity index (χ0n) is 13.5. The number of halogens is 1. The van der Waals surface area contributed by atoms with E-state index in [-0.39, 0.29) is 17.8 Å². The number of piperidine rings is 1. The van der Waals surface area contributed by atoms with Crippen LogP contribution in [0.1, 0.15) is 23.2 Å². The Hall–Kier alpha value is -2.96. The van der Waals surface area contributed by atoms with Crippen molar-refractivity contribution in [2.75, 3.05) is 18.4 Å². The van der Waals surface area contributed by atoms with Crippen molar-refractivity contribution in [1.29, 1.82) is 0 Å². The fraction of sp³-hybridized carbons (Fsp3) is 0.278. The molecule has 2 heterocycles. The van der Waals surface area contributed by atoms with Crippen LogP contribution in [0, 0.1) is 5.82 Å². The molecule has 1 aromatic heterocycles. The van der Waals surface area contributed by atoms with Crippen molar-refractivity contribution in [3.8, 4) is 0 Å². The molecule has 1 aliphatic heterocycles. The van der Waals surface area contributed by atoms with Gasteiger partial charge in [-0.05, 0) is 49.2 Å². The van der Waals surface area contributed by atoms with Gasteiger partial charge in [0.1, 0.15) is 11.9 Å². The van der Waals surface area contributed by atoms with Gasteiger partial charge < -0.3 is 9.64 Å². The Morgan fingerprint density at radius 2 is 1.88 bits per heavy atom. The monoisotopic (exact) mass is 343 g/mol. The van der Waals surface area contributed by atoms with Gasteiger partial charge in [0, 0.05) is 30.2 Å². The van der Waals surface area contributed by atoms with E-state index in [1.165, 1.54) is 24.3 Å². The molecule has 2 amide bonds. The van der Waals surface area contributed by atoms with Gasteiger partial charge in [0.05, 0.1) is 6.54 Å². The quantitative estimate of drug-likeness (QED) is 0.930. The van der Waals surface area contributed by atoms with Crippen molar-refractivity contribution < 1.29 is 18.7 Å². The van der Waals surface area contributed by atoms with Gasteiger partial charge in [-0.2, -0.15) is 0 Å². The Labute approximate surface area is 144 Å². The predicted molar refractivity (Wildman–Crippen MR) is 89.7 cm³/mol. The van der Waals surface area contributed by atoms with E-state index in [1.807, 2.05) is 0 Å². The van der Waals surface area contributed by atoms with Gasteiger partial charge in [-0.25, -0.2) is 9.18 Å². The van der Waals surface area contributed by atoms with Gasteiger partial charge in [-0.15, -0.1) is 0 Å². The molecular formula is C18H18FN3O3. The molecular weight excluding hydrogens is 325 g/mol. The van der Waals surface area contributed by atoms with E-state index in [0.29, 0.717) is 30.8 Å². The molecule has 1 aliphatic rings. The summed E-state index contributed by atoms with van der Waals surface area (Å²) < 4.78 is 18.4. The van der Waals surface area contributed by atoms with Crippen LogP contribution in [0.15, 0.2) is 48.8 Å². The number of nitrogens with zero attached hydrogens (tertiary/aromatic N) is 2. The smallest absolute Gasteiger partial charge is 0.411 e. The minimum absolute atomic E-state index is 0.192. The van der Waals surface area contributed by atoms with E-state index >= 15 is 0 Å². The summed E-state index contributed by atoms with van der Waals surface area (Å²) in [5.41, 5.74) is 1.01. The second kappa shape index (κ2) is 7.74. The minimum Gasteiger partial charge on any atom is -0.444 e. The number of anilines is 1. The van der Waals surface area contributed by atoms with Crippen LogP contribution in [0.25, 0.3) is 0 Å². The third kappa shape index (κ3) is 4.53. The molecule has 130 valence electrons. The third-order valence-corrected chi connectivity index (χ3v) is 3.96. The topological polar surface area (TPSA) is 71.5 Å². The summed E-state index contributed by atoms with van der Waals surface area (Å²) in [6.07, 6.45) is 3.63. The van der Waals surface area contributed by atoms with Gasteiger partial charge in [-0.3, -0.25) is 15.1 Å². The zero-order chi connectivity index (χ0) is 17.6. The van der Waals surface area contributed by atoms with Crippen LogP contribution in [0.5, 0.6) is 0 Å². The molecule has 0 saturated carbocycles. The second-order valence-electron chi connectivity index (χ2n) is 5.79. The molecule has 3 rings (SSSR count). The molecule has 25 heavy (non-hydrogen) atoms. The Balaban J connectivity index is 1.56. The summed E-state index contributed by atoms with van der Waals surface area (Å²) in [7, 11) is 0. The van der Waals surface area contributed by atoms with Crippen molar-refractivity contribution in [2.45, 2.75) is 18.9 Å². The first kappa shape index (κ1) is 16.9. The fourth-order valence-corrected chi connectivity index (χ4v) is 2.73. The summed E-state index contributed by atoms with van der Waals surface area (Å²) >= 11 is 0. The molecule has 1 N–H and O–H groups in total. The molecule has 6 nitrogen and oxygen atoms in total. The van der Waals surface area contributed by atoms with Crippen LogP contribution in [-0.4, -0.2) is 41.1 Å². The van der Waals surface area contributed by atoms with E-state index in [4.69, 9.17) is 4.74 Å². The normalized spacial score (nSPS) is 17.0. The van der Waals surface area contributed by atoms with E-state index in [1.54, 1.807) is 29.4 Å². The maximum absolute atomic E-state index is 13.0. The van der Waals surface area contributed by atoms with Crippen molar-refractivity contribution >= 4 is 17.7 Å². The first-order valence-electron chi connectivity index (χ1n) is 8.04. The van der Waals surface area contributed by atoms with Crippen LogP contribution >= 0.6 is 0 Å². The fourth-order valence-electron chi connectivity index (χ4n) is 2.73. The van der Waals surface area contributed by atoms with Gasteiger partial charge in [0.25, 0.3) is 5.91 Å². The molecule has 1 atom stereocenters. The maximum Gasteiger partial charge on any atom is 0.411 e. The van der Waals surface area contributed by atoms with Crippen LogP contribution in [0.3, 0.4) is 0 Å². The number of hydrogen-bond donors (Lipinski definition) is 1. The van der Waals surface area contributed by atoms with Gasteiger partial charge >= 0.3 is 6.09 Å². The molecule has 0 aliphatic carbocycles. The number of likely N-dealkylation sites (tertiary alicyclic amines) is 1. The molecule has 0 bridgehead atoms. The number of ether oxygens (including phenoxy) is 1. The highest BCUT2D eigenvalue weighted by atomic mass is 19.1. The van der Waals surface area contributed by atoms with E-state index in [9.17, 15) is 14.0 Å². The summed E-state index contributed by atoms with van der Waals surface area (Å²) in [6.45, 7) is 0.905. The molecule has 1 saturated heterocycles. The van der Waals surface area contributed by atoms with Gasteiger partial charge in [0.2, 0.25) is 0 Å². The van der Waals surface area contributed by atoms with Gasteiger partial charge in [0.15, 0.2) is 0 Å². The number of nitrogens with one attached hydrogen (secondary N) is 1. The lowest BCUT2D eigenvalue weighted by Gasteiger charge is -2.32. The van der Waals surface area contributed by atoms with E-state index < -0.39 is 6.09 Å².